The molecule has 6 aromatic rings. The van der Waals surface area contributed by atoms with E-state index in [2.05, 4.69) is 25.3 Å². The van der Waals surface area contributed by atoms with E-state index in [4.69, 9.17) is 0 Å². The number of benzene rings is 1. The van der Waals surface area contributed by atoms with Gasteiger partial charge < -0.3 is 14.8 Å². The number of hydrogen-bond donors (Lipinski definition) is 1. The summed E-state index contributed by atoms with van der Waals surface area (Å²) >= 11 is 2.78. The Kier molecular flexibility index (Phi) is 7.45. The van der Waals surface area contributed by atoms with E-state index in [1.807, 2.05) is 46.5 Å². The van der Waals surface area contributed by atoms with E-state index in [1.54, 1.807) is 23.2 Å². The molecule has 11 nitrogen and oxygen atoms in total. The van der Waals surface area contributed by atoms with Crippen LogP contribution in [0.25, 0.3) is 27.3 Å². The Labute approximate surface area is 264 Å². The van der Waals surface area contributed by atoms with Gasteiger partial charge in [-0.1, -0.05) is 6.07 Å². The molecule has 228 valence electrons. The molecular formula is C31H27FN8O3S2. The van der Waals surface area contributed by atoms with Crippen molar-refractivity contribution in [2.75, 3.05) is 11.9 Å². The molecule has 0 bridgehead atoms. The molecule has 1 fully saturated rings. The Balaban J connectivity index is 1.09. The van der Waals surface area contributed by atoms with Crippen molar-refractivity contribution in [2.24, 2.45) is 0 Å². The molecule has 6 heterocycles. The van der Waals surface area contributed by atoms with Crippen molar-refractivity contribution >= 4 is 61.3 Å². The number of imidazole rings is 1. The highest BCUT2D eigenvalue weighted by Gasteiger charge is 2.40. The van der Waals surface area contributed by atoms with Crippen molar-refractivity contribution in [1.82, 2.24) is 33.8 Å². The molecule has 1 saturated heterocycles. The third-order valence-electron chi connectivity index (χ3n) is 7.94. The number of ketones is 1. The van der Waals surface area contributed by atoms with Crippen LogP contribution in [0.3, 0.4) is 0 Å². The van der Waals surface area contributed by atoms with Crippen molar-refractivity contribution in [3.63, 3.8) is 0 Å². The van der Waals surface area contributed by atoms with Crippen molar-refractivity contribution in [3.8, 4) is 11.4 Å². The normalized spacial score (nSPS) is 16.6. The van der Waals surface area contributed by atoms with Gasteiger partial charge in [0.2, 0.25) is 11.8 Å². The number of thiazole rings is 2. The van der Waals surface area contributed by atoms with Gasteiger partial charge >= 0.3 is 0 Å². The lowest BCUT2D eigenvalue weighted by atomic mass is 10.0. The van der Waals surface area contributed by atoms with Crippen molar-refractivity contribution < 1.29 is 18.8 Å². The molecule has 1 N–H and O–H groups in total. The van der Waals surface area contributed by atoms with Crippen LogP contribution < -0.4 is 5.32 Å². The summed E-state index contributed by atoms with van der Waals surface area (Å²) in [4.78, 5) is 58.9. The second kappa shape index (κ2) is 11.6. The first-order chi connectivity index (χ1) is 21.7. The molecule has 2 amide bonds. The van der Waals surface area contributed by atoms with Crippen LogP contribution in [0.2, 0.25) is 0 Å². The SMILES string of the molecule is CC(=O)c1cn(CC(=O)N2C[C@H](F)C[C@H]2C(=O)Nc2nc(-c3c(C)nc4sccn34)cs2)c2ccc(Cc3cncnc3)cc12. The first kappa shape index (κ1) is 28.9. The Morgan fingerprint density at radius 1 is 1.11 bits per heavy atom. The monoisotopic (exact) mass is 642 g/mol. The molecule has 1 aromatic carbocycles. The molecule has 1 aliphatic rings. The minimum atomic E-state index is -1.34. The maximum atomic E-state index is 14.7. The molecule has 2 atom stereocenters. The highest BCUT2D eigenvalue weighted by atomic mass is 32.1. The van der Waals surface area contributed by atoms with Gasteiger partial charge in [0.05, 0.1) is 17.9 Å². The number of halogens is 1. The van der Waals surface area contributed by atoms with E-state index in [0.717, 1.165) is 32.9 Å². The Bertz CT molecular complexity index is 2080. The largest absolute Gasteiger partial charge is 0.337 e. The maximum Gasteiger partial charge on any atom is 0.249 e. The van der Waals surface area contributed by atoms with Gasteiger partial charge in [-0.15, -0.1) is 22.7 Å². The first-order valence-electron chi connectivity index (χ1n) is 14.2. The smallest absolute Gasteiger partial charge is 0.249 e. The molecule has 45 heavy (non-hydrogen) atoms. The molecule has 0 unspecified atom stereocenters. The average Bonchev–Trinajstić information content (AvgIpc) is 3.83. The van der Waals surface area contributed by atoms with Crippen LogP contribution >= 0.6 is 22.7 Å². The van der Waals surface area contributed by atoms with Crippen LogP contribution in [-0.4, -0.2) is 70.2 Å². The van der Waals surface area contributed by atoms with E-state index < -0.39 is 24.0 Å². The van der Waals surface area contributed by atoms with Gasteiger partial charge in [0.15, 0.2) is 15.9 Å². The van der Waals surface area contributed by atoms with E-state index in [0.29, 0.717) is 28.3 Å². The summed E-state index contributed by atoms with van der Waals surface area (Å²) in [5, 5.41) is 7.64. The topological polar surface area (TPSA) is 127 Å². The highest BCUT2D eigenvalue weighted by molar-refractivity contribution is 7.15. The average molecular weight is 643 g/mol. The van der Waals surface area contributed by atoms with Gasteiger partial charge in [0, 0.05) is 64.9 Å². The number of alkyl halides is 1. The summed E-state index contributed by atoms with van der Waals surface area (Å²) in [5.41, 5.74) is 5.41. The number of fused-ring (bicyclic) bond motifs is 2. The zero-order valence-corrected chi connectivity index (χ0v) is 25.9. The van der Waals surface area contributed by atoms with Gasteiger partial charge in [-0.25, -0.2) is 24.3 Å². The predicted molar refractivity (Wildman–Crippen MR) is 169 cm³/mol. The molecule has 5 aromatic heterocycles. The summed E-state index contributed by atoms with van der Waals surface area (Å²) in [6, 6.07) is 4.74. The first-order valence-corrected chi connectivity index (χ1v) is 16.0. The zero-order valence-electron chi connectivity index (χ0n) is 24.3. The number of amides is 2. The predicted octanol–water partition coefficient (Wildman–Crippen LogP) is 4.94. The summed E-state index contributed by atoms with van der Waals surface area (Å²) in [7, 11) is 0. The fourth-order valence-corrected chi connectivity index (χ4v) is 7.36. The van der Waals surface area contributed by atoms with Gasteiger partial charge in [-0.2, -0.15) is 0 Å². The standard InChI is InChI=1S/C31H27FN8O3S2/c1-17-28(39-5-6-44-31(39)35-17)24-15-45-30(36-24)37-29(43)26-9-21(32)12-40(26)27(42)14-38-13-23(18(2)41)22-8-19(3-4-25(22)38)7-20-10-33-16-34-11-20/h3-6,8,10-11,13,15-16,21,26H,7,9,12,14H2,1-2H3,(H,36,37,43)/t21-,26+/m1/s1. The fourth-order valence-electron chi connectivity index (χ4n) is 5.90. The number of aromatic nitrogens is 6. The van der Waals surface area contributed by atoms with Crippen LogP contribution in [-0.2, 0) is 22.6 Å². The number of likely N-dealkylation sites (tertiary alicyclic amines) is 1. The van der Waals surface area contributed by atoms with Crippen LogP contribution in [0, 0.1) is 6.92 Å². The van der Waals surface area contributed by atoms with Gasteiger partial charge in [0.1, 0.15) is 30.8 Å². The number of nitrogens with one attached hydrogen (secondary N) is 1. The highest BCUT2D eigenvalue weighted by Crippen LogP contribution is 2.31. The van der Waals surface area contributed by atoms with Gasteiger partial charge in [0.25, 0.3) is 0 Å². The van der Waals surface area contributed by atoms with Crippen LogP contribution in [0.15, 0.2) is 60.1 Å². The van der Waals surface area contributed by atoms with Crippen LogP contribution in [0.5, 0.6) is 0 Å². The summed E-state index contributed by atoms with van der Waals surface area (Å²) in [6.07, 6.45) is 7.66. The summed E-state index contributed by atoms with van der Waals surface area (Å²) in [6.45, 7) is 3.05. The second-order valence-electron chi connectivity index (χ2n) is 11.0. The molecule has 0 saturated carbocycles. The molecule has 0 aliphatic carbocycles. The molecule has 14 heteroatoms. The Morgan fingerprint density at radius 2 is 1.93 bits per heavy atom. The summed E-state index contributed by atoms with van der Waals surface area (Å²) < 4.78 is 18.3. The van der Waals surface area contributed by atoms with Gasteiger partial charge in [-0.3, -0.25) is 18.8 Å². The molecule has 0 radical (unpaired) electrons. The molecule has 7 rings (SSSR count). The minimum Gasteiger partial charge on any atom is -0.337 e. The number of anilines is 1. The van der Waals surface area contributed by atoms with Crippen LogP contribution in [0.4, 0.5) is 9.52 Å². The van der Waals surface area contributed by atoms with Crippen LogP contribution in [0.1, 0.15) is 40.5 Å². The number of Topliss-reactive ketones (excluding diaryl/α,β-unsaturated/α-hetero) is 1. The zero-order chi connectivity index (χ0) is 31.2. The Morgan fingerprint density at radius 3 is 2.73 bits per heavy atom. The number of rotatable bonds is 8. The lowest BCUT2D eigenvalue weighted by molar-refractivity contribution is -0.137. The van der Waals surface area contributed by atoms with Crippen molar-refractivity contribution in [2.45, 2.75) is 45.4 Å². The number of carbonyl (C=O) groups is 3. The lowest BCUT2D eigenvalue weighted by Gasteiger charge is -2.23. The van der Waals surface area contributed by atoms with E-state index in [-0.39, 0.29) is 25.3 Å². The quantitative estimate of drug-likeness (QED) is 0.233. The van der Waals surface area contributed by atoms with E-state index in [9.17, 15) is 18.8 Å². The van der Waals surface area contributed by atoms with Crippen molar-refractivity contribution in [3.05, 3.63) is 82.5 Å². The maximum absolute atomic E-state index is 14.7. The van der Waals surface area contributed by atoms with Gasteiger partial charge in [-0.05, 0) is 37.1 Å². The summed E-state index contributed by atoms with van der Waals surface area (Å²) in [5.74, 6) is -1.05. The third-order valence-corrected chi connectivity index (χ3v) is 9.45. The Hall–Kier alpha value is -4.82. The second-order valence-corrected chi connectivity index (χ2v) is 12.8. The lowest BCUT2D eigenvalue weighted by Crippen LogP contribution is -2.44. The number of nitrogens with zero attached hydrogens (tertiary/aromatic N) is 7. The molecular weight excluding hydrogens is 616 g/mol. The number of aryl methyl sites for hydroxylation is 1. The molecule has 1 aliphatic heterocycles. The third kappa shape index (κ3) is 5.51. The van der Waals surface area contributed by atoms with E-state index >= 15 is 0 Å². The number of hydrogen-bond acceptors (Lipinski definition) is 9. The molecule has 0 spiro atoms. The van der Waals surface area contributed by atoms with Crippen molar-refractivity contribution in [1.29, 1.82) is 0 Å². The minimum absolute atomic E-state index is 0.106. The fraction of sp³-hybridized carbons (Fsp3) is 0.258. The number of carbonyl (C=O) groups excluding carboxylic acids is 3. The van der Waals surface area contributed by atoms with E-state index in [1.165, 1.54) is 40.8 Å².